The zero-order valence-corrected chi connectivity index (χ0v) is 20.3. The number of aliphatic hydroxyl groups is 1. The van der Waals surface area contributed by atoms with Crippen molar-refractivity contribution in [3.05, 3.63) is 52.8 Å². The minimum atomic E-state index is -4.41. The zero-order valence-electron chi connectivity index (χ0n) is 20.3. The molecule has 2 aromatic rings. The van der Waals surface area contributed by atoms with Gasteiger partial charge in [-0.25, -0.2) is 9.97 Å². The van der Waals surface area contributed by atoms with E-state index in [2.05, 4.69) is 22.2 Å². The van der Waals surface area contributed by atoms with Crippen LogP contribution in [0.2, 0.25) is 0 Å². The normalized spacial score (nSPS) is 23.0. The third-order valence-corrected chi connectivity index (χ3v) is 7.55. The number of benzene rings is 1. The molecule has 2 heterocycles. The molecule has 2 aliphatic carbocycles. The molecule has 1 aromatic carbocycles. The number of aliphatic hydroxyl groups excluding tert-OH is 1. The van der Waals surface area contributed by atoms with Crippen molar-refractivity contribution in [3.8, 4) is 0 Å². The number of nitrogens with one attached hydrogen (secondary N) is 1. The van der Waals surface area contributed by atoms with Crippen LogP contribution in [-0.4, -0.2) is 65.2 Å². The number of hydrogen-bond donors (Lipinski definition) is 2. The summed E-state index contributed by atoms with van der Waals surface area (Å²) in [7, 11) is 0. The summed E-state index contributed by atoms with van der Waals surface area (Å²) in [5, 5.41) is 13.7. The van der Waals surface area contributed by atoms with E-state index >= 15 is 0 Å². The summed E-state index contributed by atoms with van der Waals surface area (Å²) in [6.45, 7) is 5.30. The number of nitrogens with zero attached hydrogens (tertiary/aromatic N) is 4. The summed E-state index contributed by atoms with van der Waals surface area (Å²) >= 11 is 0. The van der Waals surface area contributed by atoms with Crippen molar-refractivity contribution in [1.29, 1.82) is 0 Å². The lowest BCUT2D eigenvalue weighted by Gasteiger charge is -2.36. The SMILES string of the molecule is C[C@@H]1C[C@@H](O)c2nc(N3CCN(C(=O)[C@H](CNCC4CC4)c4ccc(C(F)(F)F)cc4)CC3)ncc21. The number of fused-ring (bicyclic) bond motifs is 1. The van der Waals surface area contributed by atoms with Crippen molar-refractivity contribution in [2.75, 3.05) is 44.2 Å². The van der Waals surface area contributed by atoms with Gasteiger partial charge in [0.05, 0.1) is 23.3 Å². The Morgan fingerprint density at radius 3 is 2.50 bits per heavy atom. The van der Waals surface area contributed by atoms with Crippen LogP contribution < -0.4 is 10.2 Å². The number of aromatic nitrogens is 2. The molecule has 10 heteroatoms. The first kappa shape index (κ1) is 25.0. The largest absolute Gasteiger partial charge is 0.416 e. The Morgan fingerprint density at radius 2 is 1.86 bits per heavy atom. The number of anilines is 1. The highest BCUT2D eigenvalue weighted by Gasteiger charge is 2.34. The van der Waals surface area contributed by atoms with Crippen molar-refractivity contribution < 1.29 is 23.1 Å². The van der Waals surface area contributed by atoms with Crippen LogP contribution in [0.4, 0.5) is 19.1 Å². The molecule has 1 amide bonds. The van der Waals surface area contributed by atoms with Gasteiger partial charge in [-0.2, -0.15) is 13.2 Å². The number of carbonyl (C=O) groups is 1. The monoisotopic (exact) mass is 503 g/mol. The Kier molecular flexibility index (Phi) is 6.91. The number of amides is 1. The molecule has 1 saturated carbocycles. The van der Waals surface area contributed by atoms with E-state index in [-0.39, 0.29) is 11.8 Å². The Labute approximate surface area is 208 Å². The first-order chi connectivity index (χ1) is 17.2. The summed E-state index contributed by atoms with van der Waals surface area (Å²) in [5.41, 5.74) is 1.54. The molecule has 0 spiro atoms. The molecule has 36 heavy (non-hydrogen) atoms. The molecule has 2 fully saturated rings. The Hall–Kier alpha value is -2.72. The maximum Gasteiger partial charge on any atom is 0.416 e. The van der Waals surface area contributed by atoms with E-state index in [1.54, 1.807) is 11.1 Å². The van der Waals surface area contributed by atoms with Gasteiger partial charge < -0.3 is 20.2 Å². The molecule has 0 bridgehead atoms. The summed E-state index contributed by atoms with van der Waals surface area (Å²) < 4.78 is 39.1. The van der Waals surface area contributed by atoms with Crippen molar-refractivity contribution in [3.63, 3.8) is 0 Å². The average molecular weight is 504 g/mol. The smallest absolute Gasteiger partial charge is 0.387 e. The van der Waals surface area contributed by atoms with Crippen molar-refractivity contribution in [2.24, 2.45) is 5.92 Å². The second kappa shape index (κ2) is 9.97. The quantitative estimate of drug-likeness (QED) is 0.602. The first-order valence-corrected chi connectivity index (χ1v) is 12.7. The lowest BCUT2D eigenvalue weighted by molar-refractivity contribution is -0.137. The van der Waals surface area contributed by atoms with Crippen LogP contribution in [0, 0.1) is 5.92 Å². The van der Waals surface area contributed by atoms with Gasteiger partial charge in [0.25, 0.3) is 0 Å². The molecule has 0 unspecified atom stereocenters. The highest BCUT2D eigenvalue weighted by atomic mass is 19.4. The molecule has 3 atom stereocenters. The molecule has 5 rings (SSSR count). The molecule has 1 aromatic heterocycles. The minimum absolute atomic E-state index is 0.0863. The maximum absolute atomic E-state index is 13.5. The second-order valence-electron chi connectivity index (χ2n) is 10.2. The predicted molar refractivity (Wildman–Crippen MR) is 129 cm³/mol. The van der Waals surface area contributed by atoms with E-state index in [1.165, 1.54) is 25.0 Å². The third-order valence-electron chi connectivity index (χ3n) is 7.55. The number of carbonyl (C=O) groups excluding carboxylic acids is 1. The van der Waals surface area contributed by atoms with Crippen LogP contribution in [0.25, 0.3) is 0 Å². The van der Waals surface area contributed by atoms with Crippen LogP contribution in [0.15, 0.2) is 30.5 Å². The van der Waals surface area contributed by atoms with Gasteiger partial charge in [-0.05, 0) is 60.9 Å². The van der Waals surface area contributed by atoms with Gasteiger partial charge in [0.15, 0.2) is 0 Å². The molecule has 3 aliphatic rings. The fourth-order valence-electron chi connectivity index (χ4n) is 5.12. The topological polar surface area (TPSA) is 81.6 Å². The van der Waals surface area contributed by atoms with E-state index in [0.717, 1.165) is 24.2 Å². The van der Waals surface area contributed by atoms with Gasteiger partial charge in [0, 0.05) is 38.9 Å². The standard InChI is InChI=1S/C26H32F3N5O2/c1-16-12-22(35)23-20(16)15-31-25(32-23)34-10-8-33(9-11-34)24(36)21(14-30-13-17-2-3-17)18-4-6-19(7-5-18)26(27,28)29/h4-7,15-17,21-22,30,35H,2-3,8-14H2,1H3/t16-,21-,22-/m1/s1. The summed E-state index contributed by atoms with van der Waals surface area (Å²) in [5.74, 6) is 0.779. The van der Waals surface area contributed by atoms with Gasteiger partial charge in [0.1, 0.15) is 0 Å². The fourth-order valence-corrected chi connectivity index (χ4v) is 5.12. The van der Waals surface area contributed by atoms with Crippen LogP contribution in [0.1, 0.15) is 66.5 Å². The van der Waals surface area contributed by atoms with Gasteiger partial charge in [-0.3, -0.25) is 4.79 Å². The molecule has 0 radical (unpaired) electrons. The van der Waals surface area contributed by atoms with E-state index in [1.807, 2.05) is 4.90 Å². The zero-order chi connectivity index (χ0) is 25.4. The van der Waals surface area contributed by atoms with Gasteiger partial charge in [0.2, 0.25) is 11.9 Å². The van der Waals surface area contributed by atoms with Crippen LogP contribution in [0.3, 0.4) is 0 Å². The Bertz CT molecular complexity index is 1080. The fraction of sp³-hybridized carbons (Fsp3) is 0.577. The van der Waals surface area contributed by atoms with E-state index < -0.39 is 23.8 Å². The van der Waals surface area contributed by atoms with Crippen LogP contribution in [-0.2, 0) is 11.0 Å². The lowest BCUT2D eigenvalue weighted by Crippen LogP contribution is -2.51. The molecular formula is C26H32F3N5O2. The Balaban J connectivity index is 1.26. The van der Waals surface area contributed by atoms with Crippen molar-refractivity contribution in [2.45, 2.75) is 50.3 Å². The van der Waals surface area contributed by atoms with Crippen molar-refractivity contribution >= 4 is 11.9 Å². The second-order valence-corrected chi connectivity index (χ2v) is 10.2. The highest BCUT2D eigenvalue weighted by Crippen LogP contribution is 2.39. The van der Waals surface area contributed by atoms with Gasteiger partial charge in [-0.15, -0.1) is 0 Å². The van der Waals surface area contributed by atoms with Crippen molar-refractivity contribution in [1.82, 2.24) is 20.2 Å². The highest BCUT2D eigenvalue weighted by molar-refractivity contribution is 5.84. The van der Waals surface area contributed by atoms with E-state index in [0.29, 0.717) is 62.3 Å². The average Bonchev–Trinajstić information content (AvgIpc) is 3.65. The molecular weight excluding hydrogens is 471 g/mol. The van der Waals surface area contributed by atoms with Crippen LogP contribution in [0.5, 0.6) is 0 Å². The van der Waals surface area contributed by atoms with Gasteiger partial charge >= 0.3 is 6.18 Å². The summed E-state index contributed by atoms with van der Waals surface area (Å²) in [6.07, 6.45) is -0.194. The molecule has 2 N–H and O–H groups in total. The molecule has 194 valence electrons. The maximum atomic E-state index is 13.5. The van der Waals surface area contributed by atoms with E-state index in [4.69, 9.17) is 0 Å². The molecule has 1 saturated heterocycles. The number of rotatable bonds is 7. The van der Waals surface area contributed by atoms with Crippen LogP contribution >= 0.6 is 0 Å². The minimum Gasteiger partial charge on any atom is -0.387 e. The Morgan fingerprint density at radius 1 is 1.17 bits per heavy atom. The molecule has 1 aliphatic heterocycles. The van der Waals surface area contributed by atoms with Gasteiger partial charge in [-0.1, -0.05) is 19.1 Å². The van der Waals surface area contributed by atoms with E-state index in [9.17, 15) is 23.1 Å². The third kappa shape index (κ3) is 5.34. The lowest BCUT2D eigenvalue weighted by atomic mass is 9.95. The number of halogens is 3. The first-order valence-electron chi connectivity index (χ1n) is 12.7. The summed E-state index contributed by atoms with van der Waals surface area (Å²) in [6, 6.07) is 4.94. The number of hydrogen-bond acceptors (Lipinski definition) is 6. The number of alkyl halides is 3. The predicted octanol–water partition coefficient (Wildman–Crippen LogP) is 3.47. The molecule has 7 nitrogen and oxygen atoms in total. The summed E-state index contributed by atoms with van der Waals surface area (Å²) in [4.78, 5) is 26.4. The number of piperazine rings is 1.